The molecule has 2 N–H and O–H groups in total. The predicted octanol–water partition coefficient (Wildman–Crippen LogP) is 4.82. The lowest BCUT2D eigenvalue weighted by Gasteiger charge is -2.07. The van der Waals surface area contributed by atoms with Crippen molar-refractivity contribution in [3.63, 3.8) is 0 Å². The van der Waals surface area contributed by atoms with Crippen LogP contribution in [0.1, 0.15) is 15.2 Å². The Kier molecular flexibility index (Phi) is 4.12. The van der Waals surface area contributed by atoms with Gasteiger partial charge in [0.15, 0.2) is 0 Å². The lowest BCUT2D eigenvalue weighted by atomic mass is 10.1. The maximum atomic E-state index is 11.4. The number of hydrogen-bond acceptors (Lipinski definition) is 3. The van der Waals surface area contributed by atoms with E-state index in [2.05, 4.69) is 27.9 Å². The minimum atomic E-state index is -0.865. The van der Waals surface area contributed by atoms with Gasteiger partial charge in [-0.1, -0.05) is 18.2 Å². The number of carboxylic acid groups (broad SMARTS) is 1. The second-order valence-electron chi connectivity index (χ2n) is 4.57. The summed E-state index contributed by atoms with van der Waals surface area (Å²) in [4.78, 5) is 11.8. The Morgan fingerprint density at radius 1 is 1.14 bits per heavy atom. The van der Waals surface area contributed by atoms with Crippen molar-refractivity contribution in [2.24, 2.45) is 0 Å². The SMILES string of the molecule is O=C(O)c1sc2ccccc2c1CNc1ccc(I)cc1. The van der Waals surface area contributed by atoms with Gasteiger partial charge in [-0.05, 0) is 58.3 Å². The van der Waals surface area contributed by atoms with Gasteiger partial charge in [0.1, 0.15) is 4.88 Å². The molecule has 3 rings (SSSR count). The van der Waals surface area contributed by atoms with Crippen LogP contribution in [0.15, 0.2) is 48.5 Å². The number of carbonyl (C=O) groups is 1. The summed E-state index contributed by atoms with van der Waals surface area (Å²) in [5.41, 5.74) is 1.84. The van der Waals surface area contributed by atoms with Gasteiger partial charge in [0.05, 0.1) is 0 Å². The minimum Gasteiger partial charge on any atom is -0.477 e. The maximum Gasteiger partial charge on any atom is 0.346 e. The molecule has 1 heterocycles. The summed E-state index contributed by atoms with van der Waals surface area (Å²) in [5.74, 6) is -0.865. The highest BCUT2D eigenvalue weighted by Gasteiger charge is 2.17. The highest BCUT2D eigenvalue weighted by Crippen LogP contribution is 2.31. The second-order valence-corrected chi connectivity index (χ2v) is 6.87. The van der Waals surface area contributed by atoms with Crippen molar-refractivity contribution in [3.8, 4) is 0 Å². The topological polar surface area (TPSA) is 49.3 Å². The van der Waals surface area contributed by atoms with E-state index >= 15 is 0 Å². The van der Waals surface area contributed by atoms with Crippen molar-refractivity contribution >= 4 is 55.7 Å². The van der Waals surface area contributed by atoms with Gasteiger partial charge in [0.25, 0.3) is 0 Å². The highest BCUT2D eigenvalue weighted by atomic mass is 127. The van der Waals surface area contributed by atoms with Crippen LogP contribution >= 0.6 is 33.9 Å². The first-order valence-corrected chi connectivity index (χ1v) is 8.28. The fourth-order valence-electron chi connectivity index (χ4n) is 2.21. The summed E-state index contributed by atoms with van der Waals surface area (Å²) in [7, 11) is 0. The smallest absolute Gasteiger partial charge is 0.346 e. The molecular weight excluding hydrogens is 397 g/mol. The second kappa shape index (κ2) is 6.03. The zero-order valence-corrected chi connectivity index (χ0v) is 13.9. The summed E-state index contributed by atoms with van der Waals surface area (Å²) in [5, 5.41) is 13.7. The molecule has 3 aromatic rings. The summed E-state index contributed by atoms with van der Waals surface area (Å²) in [6, 6.07) is 15.8. The van der Waals surface area contributed by atoms with Crippen LogP contribution in [-0.2, 0) is 6.54 Å². The van der Waals surface area contributed by atoms with E-state index in [-0.39, 0.29) is 0 Å². The van der Waals surface area contributed by atoms with Crippen LogP contribution in [0.5, 0.6) is 0 Å². The summed E-state index contributed by atoms with van der Waals surface area (Å²) in [6.45, 7) is 0.506. The quantitative estimate of drug-likeness (QED) is 0.608. The molecule has 0 radical (unpaired) electrons. The number of benzene rings is 2. The molecule has 3 nitrogen and oxygen atoms in total. The number of anilines is 1. The van der Waals surface area contributed by atoms with Crippen LogP contribution in [0.4, 0.5) is 5.69 Å². The van der Waals surface area contributed by atoms with E-state index in [1.165, 1.54) is 14.9 Å². The minimum absolute atomic E-state index is 0.411. The van der Waals surface area contributed by atoms with Crippen molar-refractivity contribution in [2.75, 3.05) is 5.32 Å². The van der Waals surface area contributed by atoms with Crippen molar-refractivity contribution in [2.45, 2.75) is 6.54 Å². The van der Waals surface area contributed by atoms with E-state index in [4.69, 9.17) is 0 Å². The van der Waals surface area contributed by atoms with E-state index in [9.17, 15) is 9.90 Å². The van der Waals surface area contributed by atoms with Crippen molar-refractivity contribution in [1.29, 1.82) is 0 Å². The monoisotopic (exact) mass is 409 g/mol. The molecule has 0 saturated carbocycles. The number of halogens is 1. The molecule has 0 atom stereocenters. The average Bonchev–Trinajstić information content (AvgIpc) is 2.86. The lowest BCUT2D eigenvalue weighted by molar-refractivity contribution is 0.0701. The zero-order chi connectivity index (χ0) is 14.8. The molecule has 21 heavy (non-hydrogen) atoms. The number of thiophene rings is 1. The van der Waals surface area contributed by atoms with Crippen molar-refractivity contribution < 1.29 is 9.90 Å². The van der Waals surface area contributed by atoms with Crippen LogP contribution in [0.3, 0.4) is 0 Å². The van der Waals surface area contributed by atoms with Crippen LogP contribution in [-0.4, -0.2) is 11.1 Å². The van der Waals surface area contributed by atoms with Gasteiger partial charge in [-0.3, -0.25) is 0 Å². The molecular formula is C16H12INO2S. The molecule has 0 unspecified atom stereocenters. The molecule has 106 valence electrons. The molecule has 1 aromatic heterocycles. The zero-order valence-electron chi connectivity index (χ0n) is 11.0. The Bertz CT molecular complexity index is 796. The predicted molar refractivity (Wildman–Crippen MR) is 95.3 cm³/mol. The molecule has 2 aromatic carbocycles. The van der Waals surface area contributed by atoms with Crippen LogP contribution in [0.25, 0.3) is 10.1 Å². The van der Waals surface area contributed by atoms with E-state index in [0.717, 1.165) is 21.3 Å². The molecule has 0 spiro atoms. The van der Waals surface area contributed by atoms with E-state index in [1.54, 1.807) is 0 Å². The van der Waals surface area contributed by atoms with Gasteiger partial charge < -0.3 is 10.4 Å². The van der Waals surface area contributed by atoms with Gasteiger partial charge >= 0.3 is 5.97 Å². The number of aromatic carboxylic acids is 1. The fourth-order valence-corrected chi connectivity index (χ4v) is 3.63. The highest BCUT2D eigenvalue weighted by molar-refractivity contribution is 14.1. The summed E-state index contributed by atoms with van der Waals surface area (Å²) >= 11 is 3.59. The largest absolute Gasteiger partial charge is 0.477 e. The number of hydrogen-bond donors (Lipinski definition) is 2. The van der Waals surface area contributed by atoms with Gasteiger partial charge in [-0.25, -0.2) is 4.79 Å². The first-order valence-electron chi connectivity index (χ1n) is 6.38. The summed E-state index contributed by atoms with van der Waals surface area (Å²) in [6.07, 6.45) is 0. The van der Waals surface area contributed by atoms with Gasteiger partial charge in [0.2, 0.25) is 0 Å². The van der Waals surface area contributed by atoms with Gasteiger partial charge in [-0.15, -0.1) is 11.3 Å². The molecule has 0 bridgehead atoms. The Labute approximate surface area is 139 Å². The van der Waals surface area contributed by atoms with Crippen molar-refractivity contribution in [3.05, 3.63) is 62.5 Å². The Morgan fingerprint density at radius 3 is 2.57 bits per heavy atom. The number of carboxylic acids is 1. The van der Waals surface area contributed by atoms with Crippen LogP contribution in [0, 0.1) is 3.57 Å². The molecule has 5 heteroatoms. The molecule has 0 fully saturated rings. The van der Waals surface area contributed by atoms with E-state index in [0.29, 0.717) is 11.4 Å². The Hall–Kier alpha value is -1.60. The standard InChI is InChI=1S/C16H12INO2S/c17-10-5-7-11(8-6-10)18-9-13-12-3-1-2-4-14(12)21-15(13)16(19)20/h1-8,18H,9H2,(H,19,20). The third kappa shape index (κ3) is 3.03. The van der Waals surface area contributed by atoms with E-state index < -0.39 is 5.97 Å². The van der Waals surface area contributed by atoms with Crippen LogP contribution < -0.4 is 5.32 Å². The third-order valence-corrected chi connectivity index (χ3v) is 5.13. The van der Waals surface area contributed by atoms with E-state index in [1.807, 2.05) is 48.5 Å². The number of rotatable bonds is 4. The molecule has 0 saturated heterocycles. The van der Waals surface area contributed by atoms with Crippen molar-refractivity contribution in [1.82, 2.24) is 0 Å². The maximum absolute atomic E-state index is 11.4. The average molecular weight is 409 g/mol. The summed E-state index contributed by atoms with van der Waals surface area (Å²) < 4.78 is 2.18. The first kappa shape index (κ1) is 14.3. The lowest BCUT2D eigenvalue weighted by Crippen LogP contribution is -2.04. The Morgan fingerprint density at radius 2 is 1.86 bits per heavy atom. The first-order chi connectivity index (χ1) is 10.1. The third-order valence-electron chi connectivity index (χ3n) is 3.21. The molecule has 0 aliphatic rings. The Balaban J connectivity index is 1.93. The molecule has 0 aliphatic heterocycles. The fraction of sp³-hybridized carbons (Fsp3) is 0.0625. The van der Waals surface area contributed by atoms with Gasteiger partial charge in [0, 0.05) is 26.1 Å². The normalized spacial score (nSPS) is 10.7. The molecule has 0 amide bonds. The number of fused-ring (bicyclic) bond motifs is 1. The molecule has 0 aliphatic carbocycles. The number of nitrogens with one attached hydrogen (secondary N) is 1. The van der Waals surface area contributed by atoms with Gasteiger partial charge in [-0.2, -0.15) is 0 Å². The van der Waals surface area contributed by atoms with Crippen LogP contribution in [0.2, 0.25) is 0 Å².